The van der Waals surface area contributed by atoms with Gasteiger partial charge in [-0.2, -0.15) is 5.10 Å². The summed E-state index contributed by atoms with van der Waals surface area (Å²) in [5, 5.41) is 8.22. The van der Waals surface area contributed by atoms with Crippen molar-refractivity contribution in [1.29, 1.82) is 0 Å². The molecular formula is C22H29ClN4O. The number of amides is 1. The van der Waals surface area contributed by atoms with Gasteiger partial charge in [0.25, 0.3) is 5.91 Å². The molecule has 0 saturated carbocycles. The second-order valence-electron chi connectivity index (χ2n) is 8.05. The highest BCUT2D eigenvalue weighted by Crippen LogP contribution is 2.31. The molecule has 0 unspecified atom stereocenters. The maximum Gasteiger partial charge on any atom is 0.257 e. The van der Waals surface area contributed by atoms with Crippen LogP contribution >= 0.6 is 11.6 Å². The number of aromatic nitrogens is 2. The van der Waals surface area contributed by atoms with Crippen LogP contribution in [0.15, 0.2) is 30.5 Å². The van der Waals surface area contributed by atoms with Crippen LogP contribution in [-0.4, -0.2) is 52.1 Å². The lowest BCUT2D eigenvalue weighted by atomic mass is 9.91. The summed E-state index contributed by atoms with van der Waals surface area (Å²) in [5.74, 6) is 0.528. The second kappa shape index (κ2) is 9.10. The van der Waals surface area contributed by atoms with Gasteiger partial charge < -0.3 is 4.90 Å². The highest BCUT2D eigenvalue weighted by Gasteiger charge is 2.28. The maximum atomic E-state index is 13.1. The minimum absolute atomic E-state index is 0.157. The smallest absolute Gasteiger partial charge is 0.257 e. The predicted octanol–water partition coefficient (Wildman–Crippen LogP) is 4.46. The van der Waals surface area contributed by atoms with E-state index >= 15 is 0 Å². The molecule has 2 aromatic rings. The number of nitrogens with one attached hydrogen (secondary N) is 1. The lowest BCUT2D eigenvalue weighted by molar-refractivity contribution is 0.0759. The van der Waals surface area contributed by atoms with Crippen molar-refractivity contribution in [3.05, 3.63) is 52.3 Å². The van der Waals surface area contributed by atoms with Gasteiger partial charge in [-0.25, -0.2) is 0 Å². The minimum Gasteiger partial charge on any atom is -0.339 e. The van der Waals surface area contributed by atoms with Gasteiger partial charge >= 0.3 is 0 Å². The number of benzene rings is 1. The fourth-order valence-electron chi connectivity index (χ4n) is 4.47. The first-order valence-corrected chi connectivity index (χ1v) is 10.9. The van der Waals surface area contributed by atoms with Gasteiger partial charge in [-0.1, -0.05) is 42.6 Å². The summed E-state index contributed by atoms with van der Waals surface area (Å²) in [5.41, 5.74) is 3.00. The van der Waals surface area contributed by atoms with Gasteiger partial charge in [-0.3, -0.25) is 14.8 Å². The van der Waals surface area contributed by atoms with Crippen LogP contribution in [0.25, 0.3) is 0 Å². The van der Waals surface area contributed by atoms with Crippen molar-refractivity contribution in [2.45, 2.75) is 51.0 Å². The van der Waals surface area contributed by atoms with Gasteiger partial charge in [-0.15, -0.1) is 0 Å². The van der Waals surface area contributed by atoms with Crippen LogP contribution in [0, 0.1) is 0 Å². The summed E-state index contributed by atoms with van der Waals surface area (Å²) in [6, 6.07) is 8.06. The highest BCUT2D eigenvalue weighted by molar-refractivity contribution is 6.31. The van der Waals surface area contributed by atoms with E-state index < -0.39 is 0 Å². The molecule has 1 amide bonds. The first-order chi connectivity index (χ1) is 13.7. The molecule has 2 saturated heterocycles. The van der Waals surface area contributed by atoms with Crippen molar-refractivity contribution in [3.8, 4) is 0 Å². The standard InChI is InChI=1S/C22H29ClN4O/c23-20-8-4-3-7-18(20)16-26-13-9-17(10-14-26)21-19(15-24-25-21)22(28)27-11-5-1-2-6-12-27/h3-4,7-8,15,17H,1-2,5-6,9-14,16H2,(H,24,25). The Kier molecular flexibility index (Phi) is 6.33. The molecule has 2 aliphatic heterocycles. The van der Waals surface area contributed by atoms with E-state index in [1.54, 1.807) is 6.20 Å². The Labute approximate surface area is 172 Å². The molecule has 0 atom stereocenters. The topological polar surface area (TPSA) is 52.2 Å². The average Bonchev–Trinajstić information content (AvgIpc) is 3.04. The SMILES string of the molecule is O=C(c1cn[nH]c1C1CCN(Cc2ccccc2Cl)CC1)N1CCCCCC1. The Morgan fingerprint density at radius 1 is 1.07 bits per heavy atom. The monoisotopic (exact) mass is 400 g/mol. The van der Waals surface area contributed by atoms with Crippen LogP contribution in [0.3, 0.4) is 0 Å². The number of nitrogens with zero attached hydrogens (tertiary/aromatic N) is 3. The van der Waals surface area contributed by atoms with E-state index in [2.05, 4.69) is 21.2 Å². The fourth-order valence-corrected chi connectivity index (χ4v) is 4.66. The quantitative estimate of drug-likeness (QED) is 0.824. The zero-order valence-electron chi connectivity index (χ0n) is 16.4. The summed E-state index contributed by atoms with van der Waals surface area (Å²) < 4.78 is 0. The molecule has 5 nitrogen and oxygen atoms in total. The average molecular weight is 401 g/mol. The zero-order valence-corrected chi connectivity index (χ0v) is 17.1. The van der Waals surface area contributed by atoms with Crippen molar-refractivity contribution in [2.75, 3.05) is 26.2 Å². The van der Waals surface area contributed by atoms with Crippen LogP contribution in [0.4, 0.5) is 0 Å². The molecule has 0 spiro atoms. The molecule has 6 heteroatoms. The van der Waals surface area contributed by atoms with Gasteiger partial charge in [0.15, 0.2) is 0 Å². The first-order valence-electron chi connectivity index (χ1n) is 10.5. The number of likely N-dealkylation sites (tertiary alicyclic amines) is 2. The number of carbonyl (C=O) groups excluding carboxylic acids is 1. The van der Waals surface area contributed by atoms with E-state index in [0.717, 1.165) is 74.7 Å². The molecular weight excluding hydrogens is 372 g/mol. The van der Waals surface area contributed by atoms with Crippen LogP contribution in [-0.2, 0) is 6.54 Å². The second-order valence-corrected chi connectivity index (χ2v) is 8.45. The Bertz CT molecular complexity index is 789. The summed E-state index contributed by atoms with van der Waals surface area (Å²) in [6.07, 6.45) is 8.48. The number of hydrogen-bond acceptors (Lipinski definition) is 3. The maximum absolute atomic E-state index is 13.1. The third kappa shape index (κ3) is 4.41. The number of piperidine rings is 1. The van der Waals surface area contributed by atoms with Crippen molar-refractivity contribution in [1.82, 2.24) is 20.0 Å². The number of halogens is 1. The van der Waals surface area contributed by atoms with Crippen LogP contribution in [0.1, 0.15) is 66.1 Å². The number of carbonyl (C=O) groups is 1. The predicted molar refractivity (Wildman–Crippen MR) is 112 cm³/mol. The molecule has 1 aromatic heterocycles. The van der Waals surface area contributed by atoms with Crippen LogP contribution in [0.5, 0.6) is 0 Å². The number of aromatic amines is 1. The molecule has 2 aliphatic rings. The van der Waals surface area contributed by atoms with E-state index in [1.807, 2.05) is 23.1 Å². The van der Waals surface area contributed by atoms with Crippen molar-refractivity contribution >= 4 is 17.5 Å². The van der Waals surface area contributed by atoms with Crippen molar-refractivity contribution in [2.24, 2.45) is 0 Å². The van der Waals surface area contributed by atoms with E-state index in [9.17, 15) is 4.79 Å². The molecule has 1 N–H and O–H groups in total. The van der Waals surface area contributed by atoms with Gasteiger partial charge in [0.2, 0.25) is 0 Å². The minimum atomic E-state index is 0.157. The lowest BCUT2D eigenvalue weighted by Gasteiger charge is -2.32. The van der Waals surface area contributed by atoms with Crippen molar-refractivity contribution in [3.63, 3.8) is 0 Å². The summed E-state index contributed by atoms with van der Waals surface area (Å²) in [7, 11) is 0. The molecule has 2 fully saturated rings. The zero-order chi connectivity index (χ0) is 19.3. The molecule has 0 bridgehead atoms. The van der Waals surface area contributed by atoms with E-state index in [-0.39, 0.29) is 5.91 Å². The largest absolute Gasteiger partial charge is 0.339 e. The van der Waals surface area contributed by atoms with Gasteiger partial charge in [-0.05, 0) is 50.4 Å². The summed E-state index contributed by atoms with van der Waals surface area (Å²) >= 11 is 6.31. The lowest BCUT2D eigenvalue weighted by Crippen LogP contribution is -2.35. The van der Waals surface area contributed by atoms with E-state index in [4.69, 9.17) is 11.6 Å². The van der Waals surface area contributed by atoms with E-state index in [0.29, 0.717) is 5.92 Å². The first kappa shape index (κ1) is 19.5. The Morgan fingerprint density at radius 3 is 2.50 bits per heavy atom. The van der Waals surface area contributed by atoms with Gasteiger partial charge in [0.1, 0.15) is 0 Å². The molecule has 28 heavy (non-hydrogen) atoms. The third-order valence-electron chi connectivity index (χ3n) is 6.14. The number of rotatable bonds is 4. The Morgan fingerprint density at radius 2 is 1.79 bits per heavy atom. The number of H-pyrrole nitrogens is 1. The number of hydrogen-bond donors (Lipinski definition) is 1. The summed E-state index contributed by atoms with van der Waals surface area (Å²) in [6.45, 7) is 4.65. The van der Waals surface area contributed by atoms with Gasteiger partial charge in [0, 0.05) is 30.6 Å². The molecule has 0 aliphatic carbocycles. The summed E-state index contributed by atoms with van der Waals surface area (Å²) in [4.78, 5) is 17.5. The normalized spacial score (nSPS) is 19.5. The van der Waals surface area contributed by atoms with Crippen LogP contribution < -0.4 is 0 Å². The molecule has 4 rings (SSSR count). The Hall–Kier alpha value is -1.85. The molecule has 3 heterocycles. The fraction of sp³-hybridized carbons (Fsp3) is 0.545. The molecule has 1 aromatic carbocycles. The van der Waals surface area contributed by atoms with Crippen molar-refractivity contribution < 1.29 is 4.79 Å². The van der Waals surface area contributed by atoms with Crippen LogP contribution in [0.2, 0.25) is 5.02 Å². The highest BCUT2D eigenvalue weighted by atomic mass is 35.5. The molecule has 150 valence electrons. The van der Waals surface area contributed by atoms with E-state index in [1.165, 1.54) is 18.4 Å². The van der Waals surface area contributed by atoms with Gasteiger partial charge in [0.05, 0.1) is 17.5 Å². The third-order valence-corrected chi connectivity index (χ3v) is 6.51. The molecule has 0 radical (unpaired) electrons. The Balaban J connectivity index is 1.38.